The second kappa shape index (κ2) is 8.40. The minimum Gasteiger partial charge on any atom is -0.0843 e. The maximum absolute atomic E-state index is 5.85. The van der Waals surface area contributed by atoms with Crippen LogP contribution >= 0.6 is 23.2 Å². The van der Waals surface area contributed by atoms with Crippen molar-refractivity contribution in [1.29, 1.82) is 0 Å². The zero-order valence-corrected chi connectivity index (χ0v) is 9.21. The molecule has 0 aromatic heterocycles. The summed E-state index contributed by atoms with van der Waals surface area (Å²) in [7, 11) is 0. The molecule has 2 heteroatoms. The van der Waals surface area contributed by atoms with Crippen LogP contribution in [0.5, 0.6) is 0 Å². The van der Waals surface area contributed by atoms with Gasteiger partial charge in [-0.25, -0.2) is 0 Å². The van der Waals surface area contributed by atoms with E-state index in [1.165, 1.54) is 0 Å². The molecule has 0 bridgehead atoms. The lowest BCUT2D eigenvalue weighted by atomic mass is 10.2. The summed E-state index contributed by atoms with van der Waals surface area (Å²) in [6, 6.07) is 5.57. The van der Waals surface area contributed by atoms with Gasteiger partial charge in [0.05, 0.1) is 0 Å². The van der Waals surface area contributed by atoms with Gasteiger partial charge in [0.2, 0.25) is 0 Å². The normalized spacial score (nSPS) is 8.08. The summed E-state index contributed by atoms with van der Waals surface area (Å²) in [6.45, 7) is 6.06. The molecule has 0 aliphatic heterocycles. The van der Waals surface area contributed by atoms with Crippen LogP contribution < -0.4 is 0 Å². The average Bonchev–Trinajstić information content (AvgIpc) is 2.08. The average molecular weight is 221 g/mol. The van der Waals surface area contributed by atoms with Gasteiger partial charge < -0.3 is 0 Å². The van der Waals surface area contributed by atoms with Gasteiger partial charge in [0.1, 0.15) is 0 Å². The molecule has 0 amide bonds. The highest BCUT2D eigenvalue weighted by Gasteiger charge is 1.96. The van der Waals surface area contributed by atoms with Crippen LogP contribution in [-0.2, 0) is 6.42 Å². The van der Waals surface area contributed by atoms with Crippen molar-refractivity contribution in [2.45, 2.75) is 34.6 Å². The Hall–Kier alpha value is -0.200. The van der Waals surface area contributed by atoms with Crippen LogP contribution in [0.2, 0.25) is 10.0 Å². The first-order valence-corrected chi connectivity index (χ1v) is 4.93. The van der Waals surface area contributed by atoms with E-state index in [-0.39, 0.29) is 7.43 Å². The van der Waals surface area contributed by atoms with E-state index in [0.29, 0.717) is 5.02 Å². The Kier molecular flexibility index (Phi) is 9.87. The predicted octanol–water partition coefficient (Wildman–Crippen LogP) is 5.22. The minimum atomic E-state index is 0. The van der Waals surface area contributed by atoms with Gasteiger partial charge in [-0.05, 0) is 24.1 Å². The fraction of sp³-hybridized carbons (Fsp3) is 0.455. The molecule has 0 atom stereocenters. The molecule has 1 aromatic rings. The highest BCUT2D eigenvalue weighted by Crippen LogP contribution is 2.20. The first-order chi connectivity index (χ1) is 5.74. The molecule has 1 aromatic carbocycles. The SMILES string of the molecule is C.CC.CCc1ccc(Cl)cc1Cl. The molecule has 0 radical (unpaired) electrons. The summed E-state index contributed by atoms with van der Waals surface area (Å²) >= 11 is 11.5. The van der Waals surface area contributed by atoms with Gasteiger partial charge in [-0.3, -0.25) is 0 Å². The van der Waals surface area contributed by atoms with Crippen LogP contribution in [0.15, 0.2) is 18.2 Å². The van der Waals surface area contributed by atoms with Crippen LogP contribution in [0.25, 0.3) is 0 Å². The number of hydrogen-bond acceptors (Lipinski definition) is 0. The van der Waals surface area contributed by atoms with E-state index in [1.54, 1.807) is 6.07 Å². The molecule has 13 heavy (non-hydrogen) atoms. The van der Waals surface area contributed by atoms with Crippen molar-refractivity contribution in [2.24, 2.45) is 0 Å². The molecular weight excluding hydrogens is 203 g/mol. The lowest BCUT2D eigenvalue weighted by molar-refractivity contribution is 1.14. The van der Waals surface area contributed by atoms with E-state index in [9.17, 15) is 0 Å². The van der Waals surface area contributed by atoms with E-state index < -0.39 is 0 Å². The van der Waals surface area contributed by atoms with Gasteiger partial charge in [-0.2, -0.15) is 0 Å². The molecule has 1 rings (SSSR count). The van der Waals surface area contributed by atoms with E-state index in [2.05, 4.69) is 6.92 Å². The van der Waals surface area contributed by atoms with Crippen molar-refractivity contribution in [3.8, 4) is 0 Å². The molecule has 0 heterocycles. The fourth-order valence-corrected chi connectivity index (χ4v) is 1.35. The first-order valence-electron chi connectivity index (χ1n) is 4.18. The molecule has 0 nitrogen and oxygen atoms in total. The Labute approximate surface area is 91.9 Å². The fourth-order valence-electron chi connectivity index (χ4n) is 0.808. The summed E-state index contributed by atoms with van der Waals surface area (Å²) in [5.74, 6) is 0. The zero-order valence-electron chi connectivity index (χ0n) is 7.70. The van der Waals surface area contributed by atoms with E-state index in [4.69, 9.17) is 23.2 Å². The Morgan fingerprint density at radius 1 is 1.15 bits per heavy atom. The summed E-state index contributed by atoms with van der Waals surface area (Å²) in [4.78, 5) is 0. The minimum absolute atomic E-state index is 0. The van der Waals surface area contributed by atoms with Crippen molar-refractivity contribution in [1.82, 2.24) is 0 Å². The van der Waals surface area contributed by atoms with E-state index >= 15 is 0 Å². The van der Waals surface area contributed by atoms with Gasteiger partial charge >= 0.3 is 0 Å². The summed E-state index contributed by atoms with van der Waals surface area (Å²) in [5, 5.41) is 1.46. The van der Waals surface area contributed by atoms with Gasteiger partial charge in [0.25, 0.3) is 0 Å². The third kappa shape index (κ3) is 5.17. The lowest BCUT2D eigenvalue weighted by Crippen LogP contribution is -1.79. The third-order valence-electron chi connectivity index (χ3n) is 1.40. The highest BCUT2D eigenvalue weighted by atomic mass is 35.5. The van der Waals surface area contributed by atoms with Crippen LogP contribution in [0.3, 0.4) is 0 Å². The van der Waals surface area contributed by atoms with Gasteiger partial charge in [0.15, 0.2) is 0 Å². The van der Waals surface area contributed by atoms with Crippen LogP contribution in [0, 0.1) is 0 Å². The maximum Gasteiger partial charge on any atom is 0.0452 e. The lowest BCUT2D eigenvalue weighted by Gasteiger charge is -1.98. The molecular formula is C11H18Cl2. The Balaban J connectivity index is 0. The van der Waals surface area contributed by atoms with Crippen molar-refractivity contribution in [3.63, 3.8) is 0 Å². The summed E-state index contributed by atoms with van der Waals surface area (Å²) in [5.41, 5.74) is 1.14. The third-order valence-corrected chi connectivity index (χ3v) is 1.98. The Morgan fingerprint density at radius 2 is 1.69 bits per heavy atom. The van der Waals surface area contributed by atoms with E-state index in [0.717, 1.165) is 17.0 Å². The second-order valence-corrected chi connectivity index (χ2v) is 2.93. The Morgan fingerprint density at radius 3 is 2.08 bits per heavy atom. The quantitative estimate of drug-likeness (QED) is 0.610. The van der Waals surface area contributed by atoms with Crippen molar-refractivity contribution >= 4 is 23.2 Å². The van der Waals surface area contributed by atoms with E-state index in [1.807, 2.05) is 26.0 Å². The number of hydrogen-bond donors (Lipinski definition) is 0. The number of benzene rings is 1. The maximum atomic E-state index is 5.85. The number of rotatable bonds is 1. The highest BCUT2D eigenvalue weighted by molar-refractivity contribution is 6.35. The molecule has 0 saturated heterocycles. The van der Waals surface area contributed by atoms with Gasteiger partial charge in [-0.1, -0.05) is 57.5 Å². The summed E-state index contributed by atoms with van der Waals surface area (Å²) < 4.78 is 0. The van der Waals surface area contributed by atoms with Crippen molar-refractivity contribution < 1.29 is 0 Å². The second-order valence-electron chi connectivity index (χ2n) is 2.09. The molecule has 0 unspecified atom stereocenters. The van der Waals surface area contributed by atoms with Crippen LogP contribution in [0.4, 0.5) is 0 Å². The molecule has 0 aliphatic carbocycles. The molecule has 76 valence electrons. The smallest absolute Gasteiger partial charge is 0.0452 e. The van der Waals surface area contributed by atoms with Crippen molar-refractivity contribution in [3.05, 3.63) is 33.8 Å². The van der Waals surface area contributed by atoms with Crippen molar-refractivity contribution in [2.75, 3.05) is 0 Å². The first kappa shape index (κ1) is 15.3. The number of aryl methyl sites for hydroxylation is 1. The van der Waals surface area contributed by atoms with Gasteiger partial charge in [-0.15, -0.1) is 0 Å². The summed E-state index contributed by atoms with van der Waals surface area (Å²) in [6.07, 6.45) is 0.954. The topological polar surface area (TPSA) is 0 Å². The molecule has 0 N–H and O–H groups in total. The molecule has 0 aliphatic rings. The Bertz CT molecular complexity index is 232. The number of halogens is 2. The van der Waals surface area contributed by atoms with Crippen LogP contribution in [0.1, 0.15) is 33.8 Å². The van der Waals surface area contributed by atoms with Gasteiger partial charge in [0, 0.05) is 10.0 Å². The molecule has 0 saturated carbocycles. The molecule has 0 fully saturated rings. The predicted molar refractivity (Wildman–Crippen MR) is 63.9 cm³/mol. The monoisotopic (exact) mass is 220 g/mol. The zero-order chi connectivity index (χ0) is 9.56. The molecule has 0 spiro atoms. The largest absolute Gasteiger partial charge is 0.0843 e. The standard InChI is InChI=1S/C8H8Cl2.C2H6.CH4/c1-2-6-3-4-7(9)5-8(6)10;1-2;/h3-5H,2H2,1H3;1-2H3;1H4. The van der Waals surface area contributed by atoms with Crippen LogP contribution in [-0.4, -0.2) is 0 Å².